The van der Waals surface area contributed by atoms with Crippen molar-refractivity contribution in [3.63, 3.8) is 0 Å². The summed E-state index contributed by atoms with van der Waals surface area (Å²) in [6.45, 7) is 4.63. The molecule has 1 heterocycles. The molecule has 0 atom stereocenters. The van der Waals surface area contributed by atoms with Crippen LogP contribution in [0.2, 0.25) is 0 Å². The van der Waals surface area contributed by atoms with Gasteiger partial charge in [-0.15, -0.1) is 0 Å². The van der Waals surface area contributed by atoms with Gasteiger partial charge in [-0.3, -0.25) is 9.36 Å². The number of benzene rings is 1. The predicted octanol–water partition coefficient (Wildman–Crippen LogP) is 3.00. The molecule has 0 aliphatic rings. The van der Waals surface area contributed by atoms with Gasteiger partial charge in [-0.1, -0.05) is 17.7 Å². The molecule has 0 fully saturated rings. The first kappa shape index (κ1) is 13.3. The molecule has 0 unspecified atom stereocenters. The maximum Gasteiger partial charge on any atom is 0.231 e. The Labute approximate surface area is 113 Å². The fourth-order valence-electron chi connectivity index (χ4n) is 1.90. The molecule has 0 N–H and O–H groups in total. The van der Waals surface area contributed by atoms with Gasteiger partial charge in [0.05, 0.1) is 6.61 Å². The first-order valence-electron chi connectivity index (χ1n) is 6.38. The third kappa shape index (κ3) is 3.68. The van der Waals surface area contributed by atoms with Gasteiger partial charge >= 0.3 is 0 Å². The number of carbonyl (C=O) groups is 1. The average Bonchev–Trinajstić information content (AvgIpc) is 2.90. The molecule has 0 aliphatic heterocycles. The van der Waals surface area contributed by atoms with Crippen LogP contribution >= 0.6 is 0 Å². The van der Waals surface area contributed by atoms with E-state index in [0.29, 0.717) is 19.4 Å². The molecule has 0 amide bonds. The third-order valence-corrected chi connectivity index (χ3v) is 2.92. The van der Waals surface area contributed by atoms with E-state index in [-0.39, 0.29) is 5.91 Å². The van der Waals surface area contributed by atoms with E-state index < -0.39 is 0 Å². The van der Waals surface area contributed by atoms with Gasteiger partial charge in [0.2, 0.25) is 5.91 Å². The highest BCUT2D eigenvalue weighted by Gasteiger charge is 2.04. The Balaban J connectivity index is 1.76. The van der Waals surface area contributed by atoms with Gasteiger partial charge in [-0.2, -0.15) is 0 Å². The fourth-order valence-corrected chi connectivity index (χ4v) is 1.90. The zero-order valence-corrected chi connectivity index (χ0v) is 11.3. The van der Waals surface area contributed by atoms with E-state index in [1.54, 1.807) is 12.4 Å². The number of rotatable bonds is 5. The maximum atomic E-state index is 11.7. The van der Waals surface area contributed by atoms with Gasteiger partial charge in [-0.05, 0) is 31.9 Å². The molecule has 0 radical (unpaired) electrons. The normalized spacial score (nSPS) is 10.4. The molecule has 0 aliphatic carbocycles. The minimum absolute atomic E-state index is 0.0433. The Hall–Kier alpha value is -2.10. The number of hydrogen-bond acceptors (Lipinski definition) is 3. The summed E-state index contributed by atoms with van der Waals surface area (Å²) >= 11 is 0. The average molecular weight is 258 g/mol. The van der Waals surface area contributed by atoms with Crippen LogP contribution in [-0.2, 0) is 0 Å². The van der Waals surface area contributed by atoms with E-state index in [9.17, 15) is 4.79 Å². The van der Waals surface area contributed by atoms with E-state index in [4.69, 9.17) is 4.74 Å². The van der Waals surface area contributed by atoms with Crippen molar-refractivity contribution in [2.75, 3.05) is 6.61 Å². The van der Waals surface area contributed by atoms with Gasteiger partial charge in [-0.25, -0.2) is 4.98 Å². The summed E-state index contributed by atoms with van der Waals surface area (Å²) in [6.07, 6.45) is 5.94. The first-order chi connectivity index (χ1) is 9.16. The topological polar surface area (TPSA) is 44.1 Å². The Morgan fingerprint density at radius 3 is 2.89 bits per heavy atom. The zero-order valence-electron chi connectivity index (χ0n) is 11.3. The van der Waals surface area contributed by atoms with Crippen molar-refractivity contribution in [2.45, 2.75) is 26.7 Å². The lowest BCUT2D eigenvalue weighted by Crippen LogP contribution is -2.10. The lowest BCUT2D eigenvalue weighted by atomic mass is 10.1. The summed E-state index contributed by atoms with van der Waals surface area (Å²) in [4.78, 5) is 15.5. The van der Waals surface area contributed by atoms with Crippen LogP contribution in [-0.4, -0.2) is 22.1 Å². The molecule has 4 heteroatoms. The minimum atomic E-state index is 0.0433. The van der Waals surface area contributed by atoms with E-state index in [2.05, 4.69) is 18.0 Å². The fraction of sp³-hybridized carbons (Fsp3) is 0.333. The van der Waals surface area contributed by atoms with Crippen LogP contribution in [0.4, 0.5) is 0 Å². The van der Waals surface area contributed by atoms with Crippen LogP contribution in [0.1, 0.15) is 28.8 Å². The van der Waals surface area contributed by atoms with Gasteiger partial charge in [0.25, 0.3) is 0 Å². The molecule has 1 aromatic carbocycles. The Morgan fingerprint density at radius 1 is 1.37 bits per heavy atom. The molecule has 100 valence electrons. The highest BCUT2D eigenvalue weighted by atomic mass is 16.5. The predicted molar refractivity (Wildman–Crippen MR) is 73.5 cm³/mol. The summed E-state index contributed by atoms with van der Waals surface area (Å²) in [5.41, 5.74) is 2.35. The lowest BCUT2D eigenvalue weighted by Gasteiger charge is -2.09. The number of carbonyl (C=O) groups excluding carboxylic acids is 1. The van der Waals surface area contributed by atoms with Crippen molar-refractivity contribution in [3.05, 3.63) is 48.0 Å². The molecular formula is C15H18N2O2. The molecule has 0 saturated heterocycles. The van der Waals surface area contributed by atoms with E-state index in [0.717, 1.165) is 11.3 Å². The second-order valence-corrected chi connectivity index (χ2v) is 4.58. The van der Waals surface area contributed by atoms with Crippen LogP contribution in [0.25, 0.3) is 0 Å². The van der Waals surface area contributed by atoms with E-state index >= 15 is 0 Å². The van der Waals surface area contributed by atoms with Crippen molar-refractivity contribution in [1.29, 1.82) is 0 Å². The molecule has 19 heavy (non-hydrogen) atoms. The molecular weight excluding hydrogens is 240 g/mol. The van der Waals surface area contributed by atoms with Gasteiger partial charge in [0.15, 0.2) is 0 Å². The highest BCUT2D eigenvalue weighted by Crippen LogP contribution is 2.18. The molecule has 4 nitrogen and oxygen atoms in total. The molecule has 2 aromatic rings. The molecule has 1 aromatic heterocycles. The van der Waals surface area contributed by atoms with Crippen LogP contribution in [0.3, 0.4) is 0 Å². The van der Waals surface area contributed by atoms with Gasteiger partial charge in [0, 0.05) is 18.8 Å². The smallest absolute Gasteiger partial charge is 0.231 e. The van der Waals surface area contributed by atoms with Crippen LogP contribution in [0.15, 0.2) is 36.9 Å². The number of aromatic nitrogens is 2. The second-order valence-electron chi connectivity index (χ2n) is 4.58. The summed E-state index contributed by atoms with van der Waals surface area (Å²) in [5, 5.41) is 0. The summed E-state index contributed by atoms with van der Waals surface area (Å²) in [7, 11) is 0. The Kier molecular flexibility index (Phi) is 4.34. The largest absolute Gasteiger partial charge is 0.493 e. The number of hydrogen-bond donors (Lipinski definition) is 0. The van der Waals surface area contributed by atoms with E-state index in [1.807, 2.05) is 19.1 Å². The summed E-state index contributed by atoms with van der Waals surface area (Å²) in [5.74, 6) is 0.933. The van der Waals surface area contributed by atoms with Crippen molar-refractivity contribution in [2.24, 2.45) is 0 Å². The quantitative estimate of drug-likeness (QED) is 0.774. The van der Waals surface area contributed by atoms with E-state index in [1.165, 1.54) is 16.5 Å². The first-order valence-corrected chi connectivity index (χ1v) is 6.38. The lowest BCUT2D eigenvalue weighted by molar-refractivity contribution is 0.0893. The monoisotopic (exact) mass is 258 g/mol. The van der Waals surface area contributed by atoms with Crippen LogP contribution in [0.5, 0.6) is 5.75 Å². The molecule has 0 bridgehead atoms. The number of nitrogens with zero attached hydrogens (tertiary/aromatic N) is 2. The second kappa shape index (κ2) is 6.18. The zero-order chi connectivity index (χ0) is 13.7. The van der Waals surface area contributed by atoms with Crippen LogP contribution < -0.4 is 4.74 Å². The SMILES string of the molecule is Cc1ccc(OCCCC(=O)n2ccnc2)c(C)c1. The van der Waals surface area contributed by atoms with Crippen molar-refractivity contribution >= 4 is 5.91 Å². The van der Waals surface area contributed by atoms with Crippen molar-refractivity contribution in [1.82, 2.24) is 9.55 Å². The third-order valence-electron chi connectivity index (χ3n) is 2.92. The number of aryl methyl sites for hydroxylation is 2. The van der Waals surface area contributed by atoms with Gasteiger partial charge in [0.1, 0.15) is 12.1 Å². The highest BCUT2D eigenvalue weighted by molar-refractivity contribution is 5.78. The Bertz CT molecular complexity index is 547. The van der Waals surface area contributed by atoms with Crippen LogP contribution in [0, 0.1) is 13.8 Å². The number of ether oxygens (including phenoxy) is 1. The summed E-state index contributed by atoms with van der Waals surface area (Å²) in [6, 6.07) is 6.09. The molecule has 0 spiro atoms. The van der Waals surface area contributed by atoms with Crippen molar-refractivity contribution < 1.29 is 9.53 Å². The minimum Gasteiger partial charge on any atom is -0.493 e. The Morgan fingerprint density at radius 2 is 2.21 bits per heavy atom. The maximum absolute atomic E-state index is 11.7. The summed E-state index contributed by atoms with van der Waals surface area (Å²) < 4.78 is 7.18. The standard InChI is InChI=1S/C15H18N2O2/c1-12-5-6-14(13(2)10-12)19-9-3-4-15(18)17-8-7-16-11-17/h5-8,10-11H,3-4,9H2,1-2H3. The number of imidazole rings is 1. The molecule has 0 saturated carbocycles. The van der Waals surface area contributed by atoms with Crippen molar-refractivity contribution in [3.8, 4) is 5.75 Å². The molecule has 2 rings (SSSR count). The van der Waals surface area contributed by atoms with Gasteiger partial charge < -0.3 is 4.74 Å².